The lowest BCUT2D eigenvalue weighted by molar-refractivity contribution is -0.139. The number of halogens is 3. The summed E-state index contributed by atoms with van der Waals surface area (Å²) in [6, 6.07) is 5.56. The highest BCUT2D eigenvalue weighted by Gasteiger charge is 2.25. The van der Waals surface area contributed by atoms with Gasteiger partial charge in [-0.1, -0.05) is 35.3 Å². The highest BCUT2D eigenvalue weighted by atomic mass is 35.5. The largest absolute Gasteiger partial charge is 0.480 e. The van der Waals surface area contributed by atoms with Crippen LogP contribution in [0.5, 0.6) is 0 Å². The number of carboxylic acids is 1. The van der Waals surface area contributed by atoms with Crippen LogP contribution in [0, 0.1) is 5.82 Å². The molecular formula is C19H17Cl2FN4O5. The summed E-state index contributed by atoms with van der Waals surface area (Å²) >= 11 is 12.2. The SMILES string of the molecule is NC(=O)NC[C@H](NC(=O)c1c(Cl)cc(C(=O)NCc2cccc(F)c2)cc1Cl)C(=O)O. The Labute approximate surface area is 185 Å². The molecule has 0 aliphatic heterocycles. The van der Waals surface area contributed by atoms with Crippen LogP contribution in [0.4, 0.5) is 9.18 Å². The molecule has 164 valence electrons. The van der Waals surface area contributed by atoms with Gasteiger partial charge in [0.25, 0.3) is 11.8 Å². The molecule has 0 saturated carbocycles. The number of hydrogen-bond donors (Lipinski definition) is 5. The van der Waals surface area contributed by atoms with Crippen molar-refractivity contribution < 1.29 is 28.7 Å². The fourth-order valence-corrected chi connectivity index (χ4v) is 3.14. The third-order valence-electron chi connectivity index (χ3n) is 3.96. The Morgan fingerprint density at radius 3 is 2.23 bits per heavy atom. The zero-order valence-electron chi connectivity index (χ0n) is 15.7. The number of nitrogens with one attached hydrogen (secondary N) is 3. The Hall–Kier alpha value is -3.37. The molecule has 0 aliphatic rings. The Morgan fingerprint density at radius 1 is 1.03 bits per heavy atom. The first-order valence-corrected chi connectivity index (χ1v) is 9.42. The summed E-state index contributed by atoms with van der Waals surface area (Å²) in [6.07, 6.45) is 0. The number of benzene rings is 2. The standard InChI is InChI=1S/C19H17Cl2FN4O5/c20-12-5-10(16(27)24-7-9-2-1-3-11(22)4-9)6-13(21)15(12)17(28)26-14(18(29)30)8-25-19(23)31/h1-6,14H,7-8H2,(H,24,27)(H,26,28)(H,29,30)(H3,23,25,31)/t14-/m0/s1. The van der Waals surface area contributed by atoms with Gasteiger partial charge in [-0.3, -0.25) is 9.59 Å². The Morgan fingerprint density at radius 2 is 1.68 bits per heavy atom. The second-order valence-corrected chi connectivity index (χ2v) is 7.05. The number of nitrogens with two attached hydrogens (primary N) is 1. The molecule has 9 nitrogen and oxygen atoms in total. The van der Waals surface area contributed by atoms with Crippen LogP contribution in [0.3, 0.4) is 0 Å². The highest BCUT2D eigenvalue weighted by Crippen LogP contribution is 2.27. The molecular weight excluding hydrogens is 454 g/mol. The summed E-state index contributed by atoms with van der Waals surface area (Å²) in [5.74, 6) is -3.38. The van der Waals surface area contributed by atoms with Crippen LogP contribution in [0.2, 0.25) is 10.0 Å². The topological polar surface area (TPSA) is 151 Å². The summed E-state index contributed by atoms with van der Waals surface area (Å²) < 4.78 is 13.2. The van der Waals surface area contributed by atoms with Gasteiger partial charge in [-0.2, -0.15) is 0 Å². The van der Waals surface area contributed by atoms with Gasteiger partial charge >= 0.3 is 12.0 Å². The molecule has 2 aromatic carbocycles. The highest BCUT2D eigenvalue weighted by molar-refractivity contribution is 6.40. The van der Waals surface area contributed by atoms with Gasteiger partial charge in [0.15, 0.2) is 0 Å². The van der Waals surface area contributed by atoms with E-state index in [0.29, 0.717) is 5.56 Å². The number of urea groups is 1. The molecule has 0 heterocycles. The normalized spacial score (nSPS) is 11.3. The fourth-order valence-electron chi connectivity index (χ4n) is 2.49. The van der Waals surface area contributed by atoms with E-state index in [1.54, 1.807) is 6.07 Å². The molecule has 4 amide bonds. The average Bonchev–Trinajstić information content (AvgIpc) is 2.68. The Balaban J connectivity index is 2.13. The number of carboxylic acid groups (broad SMARTS) is 1. The third kappa shape index (κ3) is 6.83. The molecule has 0 fully saturated rings. The molecule has 12 heteroatoms. The summed E-state index contributed by atoms with van der Waals surface area (Å²) in [5.41, 5.74) is 5.20. The maximum absolute atomic E-state index is 13.2. The monoisotopic (exact) mass is 470 g/mol. The van der Waals surface area contributed by atoms with Gasteiger partial charge in [0.2, 0.25) is 0 Å². The lowest BCUT2D eigenvalue weighted by Gasteiger charge is -2.16. The van der Waals surface area contributed by atoms with Gasteiger partial charge in [-0.25, -0.2) is 14.0 Å². The number of rotatable bonds is 8. The van der Waals surface area contributed by atoms with Crippen LogP contribution in [-0.2, 0) is 11.3 Å². The second kappa shape index (κ2) is 10.6. The smallest absolute Gasteiger partial charge is 0.328 e. The molecule has 2 rings (SSSR count). The number of carbonyl (C=O) groups excluding carboxylic acids is 3. The van der Waals surface area contributed by atoms with Crippen LogP contribution < -0.4 is 21.7 Å². The molecule has 0 spiro atoms. The van der Waals surface area contributed by atoms with Crippen molar-refractivity contribution in [2.75, 3.05) is 6.54 Å². The second-order valence-electron chi connectivity index (χ2n) is 6.24. The van der Waals surface area contributed by atoms with Crippen LogP contribution in [-0.4, -0.2) is 41.5 Å². The van der Waals surface area contributed by atoms with E-state index in [1.165, 1.54) is 30.3 Å². The molecule has 0 aliphatic carbocycles. The van der Waals surface area contributed by atoms with E-state index in [2.05, 4.69) is 16.0 Å². The quantitative estimate of drug-likeness (QED) is 0.399. The van der Waals surface area contributed by atoms with E-state index < -0.39 is 42.2 Å². The summed E-state index contributed by atoms with van der Waals surface area (Å²) in [6.45, 7) is -0.423. The van der Waals surface area contributed by atoms with Crippen molar-refractivity contribution >= 4 is 47.0 Å². The molecule has 0 bridgehead atoms. The van der Waals surface area contributed by atoms with Gasteiger partial charge in [0.1, 0.15) is 11.9 Å². The van der Waals surface area contributed by atoms with Crippen LogP contribution in [0.1, 0.15) is 26.3 Å². The molecule has 31 heavy (non-hydrogen) atoms. The predicted octanol–water partition coefficient (Wildman–Crippen LogP) is 1.91. The first-order chi connectivity index (χ1) is 14.6. The van der Waals surface area contributed by atoms with E-state index in [1.807, 2.05) is 0 Å². The van der Waals surface area contributed by atoms with Crippen molar-refractivity contribution in [2.45, 2.75) is 12.6 Å². The first-order valence-electron chi connectivity index (χ1n) is 8.67. The van der Waals surface area contributed by atoms with Gasteiger partial charge in [0.05, 0.1) is 22.2 Å². The maximum Gasteiger partial charge on any atom is 0.328 e. The van der Waals surface area contributed by atoms with Crippen molar-refractivity contribution in [3.63, 3.8) is 0 Å². The fraction of sp³-hybridized carbons (Fsp3) is 0.158. The number of primary amides is 1. The minimum Gasteiger partial charge on any atom is -0.480 e. The minimum atomic E-state index is -1.50. The third-order valence-corrected chi connectivity index (χ3v) is 4.55. The lowest BCUT2D eigenvalue weighted by Crippen LogP contribution is -2.49. The zero-order valence-corrected chi connectivity index (χ0v) is 17.3. The van der Waals surface area contributed by atoms with Gasteiger partial charge in [-0.15, -0.1) is 0 Å². The molecule has 0 aromatic heterocycles. The molecule has 0 radical (unpaired) electrons. The van der Waals surface area contributed by atoms with E-state index >= 15 is 0 Å². The van der Waals surface area contributed by atoms with Crippen molar-refractivity contribution in [1.82, 2.24) is 16.0 Å². The Bertz CT molecular complexity index is 1010. The van der Waals surface area contributed by atoms with Gasteiger partial charge in [-0.05, 0) is 29.8 Å². The maximum atomic E-state index is 13.2. The zero-order chi connectivity index (χ0) is 23.1. The lowest BCUT2D eigenvalue weighted by atomic mass is 10.1. The van der Waals surface area contributed by atoms with Crippen LogP contribution >= 0.6 is 23.2 Å². The molecule has 2 aromatic rings. The van der Waals surface area contributed by atoms with Gasteiger partial charge in [0, 0.05) is 12.1 Å². The van der Waals surface area contributed by atoms with E-state index in [0.717, 1.165) is 0 Å². The Kier molecular flexibility index (Phi) is 8.17. The summed E-state index contributed by atoms with van der Waals surface area (Å²) in [5, 5.41) is 15.5. The minimum absolute atomic E-state index is 0.0353. The van der Waals surface area contributed by atoms with Crippen LogP contribution in [0.25, 0.3) is 0 Å². The van der Waals surface area contributed by atoms with Crippen molar-refractivity contribution in [1.29, 1.82) is 0 Å². The average molecular weight is 471 g/mol. The molecule has 1 atom stereocenters. The van der Waals surface area contributed by atoms with Gasteiger partial charge < -0.3 is 26.8 Å². The summed E-state index contributed by atoms with van der Waals surface area (Å²) in [4.78, 5) is 46.8. The predicted molar refractivity (Wildman–Crippen MR) is 111 cm³/mol. The molecule has 6 N–H and O–H groups in total. The van der Waals surface area contributed by atoms with Crippen molar-refractivity contribution in [3.8, 4) is 0 Å². The molecule has 0 unspecified atom stereocenters. The van der Waals surface area contributed by atoms with Crippen molar-refractivity contribution in [2.24, 2.45) is 5.73 Å². The first kappa shape index (κ1) is 23.9. The van der Waals surface area contributed by atoms with Crippen LogP contribution in [0.15, 0.2) is 36.4 Å². The van der Waals surface area contributed by atoms with E-state index in [9.17, 15) is 23.6 Å². The van der Waals surface area contributed by atoms with Crippen molar-refractivity contribution in [3.05, 3.63) is 69.0 Å². The molecule has 0 saturated heterocycles. The number of hydrogen-bond acceptors (Lipinski definition) is 4. The number of aliphatic carboxylic acids is 1. The summed E-state index contributed by atoms with van der Waals surface area (Å²) in [7, 11) is 0. The number of amides is 4. The van der Waals surface area contributed by atoms with E-state index in [4.69, 9.17) is 34.0 Å². The van der Waals surface area contributed by atoms with E-state index in [-0.39, 0.29) is 27.7 Å². The number of carbonyl (C=O) groups is 4.